The molecule has 0 unspecified atom stereocenters. The largest absolute Gasteiger partial charge is 0.496 e. The zero-order valence-corrected chi connectivity index (χ0v) is 20.7. The molecule has 2 heterocycles. The molecule has 3 aromatic rings. The van der Waals surface area contributed by atoms with Crippen LogP contribution < -0.4 is 4.74 Å². The Bertz CT molecular complexity index is 1210. The summed E-state index contributed by atoms with van der Waals surface area (Å²) in [6.45, 7) is 8.05. The Kier molecular flexibility index (Phi) is 6.93. The van der Waals surface area contributed by atoms with E-state index < -0.39 is 0 Å². The molecule has 34 heavy (non-hydrogen) atoms. The fraction of sp³-hybridized carbons (Fsp3) is 0.346. The highest BCUT2D eigenvalue weighted by Gasteiger charge is 2.29. The van der Waals surface area contributed by atoms with Gasteiger partial charge >= 0.3 is 0 Å². The van der Waals surface area contributed by atoms with Gasteiger partial charge in [0, 0.05) is 31.7 Å². The van der Waals surface area contributed by atoms with E-state index in [2.05, 4.69) is 5.10 Å². The molecule has 2 aromatic carbocycles. The van der Waals surface area contributed by atoms with Crippen LogP contribution in [0.5, 0.6) is 5.75 Å². The molecule has 0 saturated carbocycles. The van der Waals surface area contributed by atoms with Crippen molar-refractivity contribution < 1.29 is 14.3 Å². The molecule has 1 saturated heterocycles. The number of hydrogen-bond donors (Lipinski definition) is 0. The summed E-state index contributed by atoms with van der Waals surface area (Å²) in [4.78, 5) is 29.8. The van der Waals surface area contributed by atoms with Crippen molar-refractivity contribution in [3.63, 3.8) is 0 Å². The van der Waals surface area contributed by atoms with E-state index in [4.69, 9.17) is 16.3 Å². The maximum atomic E-state index is 13.3. The summed E-state index contributed by atoms with van der Waals surface area (Å²) in [5.74, 6) is 0.472. The van der Waals surface area contributed by atoms with Gasteiger partial charge in [-0.15, -0.1) is 0 Å². The molecule has 0 atom stereocenters. The van der Waals surface area contributed by atoms with E-state index in [-0.39, 0.29) is 11.8 Å². The summed E-state index contributed by atoms with van der Waals surface area (Å²) >= 11 is 6.60. The lowest BCUT2D eigenvalue weighted by molar-refractivity contribution is 0.0535. The Morgan fingerprint density at radius 2 is 1.56 bits per heavy atom. The smallest absolute Gasteiger partial charge is 0.259 e. The molecule has 1 aliphatic rings. The minimum Gasteiger partial charge on any atom is -0.496 e. The van der Waals surface area contributed by atoms with Crippen LogP contribution in [0.3, 0.4) is 0 Å². The van der Waals surface area contributed by atoms with E-state index in [1.165, 1.54) is 5.56 Å². The molecule has 1 aliphatic heterocycles. The molecule has 4 rings (SSSR count). The maximum Gasteiger partial charge on any atom is 0.259 e. The molecule has 1 fully saturated rings. The second-order valence-corrected chi connectivity index (χ2v) is 9.02. The van der Waals surface area contributed by atoms with Gasteiger partial charge in [0.2, 0.25) is 0 Å². The Hall–Kier alpha value is -3.32. The summed E-state index contributed by atoms with van der Waals surface area (Å²) < 4.78 is 7.01. The highest BCUT2D eigenvalue weighted by atomic mass is 35.5. The molecule has 0 radical (unpaired) electrons. The Balaban J connectivity index is 1.43. The fourth-order valence-electron chi connectivity index (χ4n) is 4.17. The van der Waals surface area contributed by atoms with Crippen LogP contribution in [0.25, 0.3) is 0 Å². The number of piperazine rings is 1. The number of benzene rings is 2. The van der Waals surface area contributed by atoms with E-state index in [0.29, 0.717) is 60.4 Å². The van der Waals surface area contributed by atoms with Gasteiger partial charge < -0.3 is 14.5 Å². The van der Waals surface area contributed by atoms with Gasteiger partial charge in [-0.25, -0.2) is 4.68 Å². The number of aryl methyl sites for hydroxylation is 3. The van der Waals surface area contributed by atoms with Crippen molar-refractivity contribution in [2.24, 2.45) is 0 Å². The topological polar surface area (TPSA) is 67.7 Å². The van der Waals surface area contributed by atoms with Crippen molar-refractivity contribution in [3.05, 3.63) is 81.1 Å². The number of hydrogen-bond acceptors (Lipinski definition) is 4. The van der Waals surface area contributed by atoms with Crippen molar-refractivity contribution >= 4 is 23.4 Å². The second kappa shape index (κ2) is 9.89. The fourth-order valence-corrected chi connectivity index (χ4v) is 4.49. The van der Waals surface area contributed by atoms with Gasteiger partial charge in [0.25, 0.3) is 11.8 Å². The van der Waals surface area contributed by atoms with E-state index in [1.807, 2.05) is 50.2 Å². The van der Waals surface area contributed by atoms with Crippen LogP contribution in [-0.4, -0.2) is 64.7 Å². The molecule has 178 valence electrons. The number of carbonyl (C=O) groups excluding carboxylic acids is 2. The molecule has 0 aliphatic carbocycles. The highest BCUT2D eigenvalue weighted by Crippen LogP contribution is 2.24. The first kappa shape index (κ1) is 23.8. The monoisotopic (exact) mass is 480 g/mol. The number of rotatable bonds is 5. The highest BCUT2D eigenvalue weighted by molar-refractivity contribution is 6.33. The van der Waals surface area contributed by atoms with E-state index in [1.54, 1.807) is 34.6 Å². The van der Waals surface area contributed by atoms with Crippen LogP contribution >= 0.6 is 11.6 Å². The number of ether oxygens (including phenoxy) is 1. The molecule has 0 bridgehead atoms. The lowest BCUT2D eigenvalue weighted by Crippen LogP contribution is -2.50. The van der Waals surface area contributed by atoms with Crippen molar-refractivity contribution in [1.82, 2.24) is 19.6 Å². The number of amides is 2. The van der Waals surface area contributed by atoms with Crippen LogP contribution in [0.2, 0.25) is 5.15 Å². The van der Waals surface area contributed by atoms with Gasteiger partial charge in [0.15, 0.2) is 0 Å². The van der Waals surface area contributed by atoms with Gasteiger partial charge in [0.05, 0.1) is 24.9 Å². The molecule has 2 amide bonds. The molecule has 0 spiro atoms. The third-order valence-corrected chi connectivity index (χ3v) is 6.63. The lowest BCUT2D eigenvalue weighted by Gasteiger charge is -2.35. The van der Waals surface area contributed by atoms with Crippen LogP contribution in [0.15, 0.2) is 42.5 Å². The number of halogens is 1. The van der Waals surface area contributed by atoms with Gasteiger partial charge in [0.1, 0.15) is 10.9 Å². The standard InChI is InChI=1S/C26H29ClN4O3/c1-17-5-8-20(9-6-17)16-31-24(27)23(19(3)28-31)26(33)30-13-11-29(12-14-30)25(32)21-10-7-18(2)22(15-21)34-4/h5-10,15H,11-14,16H2,1-4H3. The molecule has 0 N–H and O–H groups in total. The lowest BCUT2D eigenvalue weighted by atomic mass is 10.1. The molecular weight excluding hydrogens is 452 g/mol. The van der Waals surface area contributed by atoms with Crippen LogP contribution in [0.1, 0.15) is 43.1 Å². The average Bonchev–Trinajstić information content (AvgIpc) is 3.12. The summed E-state index contributed by atoms with van der Waals surface area (Å²) in [7, 11) is 1.59. The summed E-state index contributed by atoms with van der Waals surface area (Å²) in [5, 5.41) is 4.85. The predicted molar refractivity (Wildman–Crippen MR) is 132 cm³/mol. The Labute approximate surface area is 204 Å². The second-order valence-electron chi connectivity index (χ2n) is 8.66. The van der Waals surface area contributed by atoms with Gasteiger partial charge in [-0.05, 0) is 44.0 Å². The number of nitrogens with zero attached hydrogens (tertiary/aromatic N) is 4. The van der Waals surface area contributed by atoms with Gasteiger partial charge in [-0.3, -0.25) is 9.59 Å². The van der Waals surface area contributed by atoms with Crippen molar-refractivity contribution in [3.8, 4) is 5.75 Å². The molecular formula is C26H29ClN4O3. The van der Waals surface area contributed by atoms with E-state index in [9.17, 15) is 9.59 Å². The van der Waals surface area contributed by atoms with Crippen molar-refractivity contribution in [2.45, 2.75) is 27.3 Å². The van der Waals surface area contributed by atoms with Gasteiger partial charge in [-0.2, -0.15) is 5.10 Å². The molecule has 1 aromatic heterocycles. The first-order valence-electron chi connectivity index (χ1n) is 11.3. The third-order valence-electron chi connectivity index (χ3n) is 6.24. The molecule has 8 heteroatoms. The van der Waals surface area contributed by atoms with Crippen LogP contribution in [0, 0.1) is 20.8 Å². The minimum absolute atomic E-state index is 0.0643. The van der Waals surface area contributed by atoms with E-state index in [0.717, 1.165) is 11.1 Å². The minimum atomic E-state index is -0.151. The first-order chi connectivity index (χ1) is 16.3. The Morgan fingerprint density at radius 1 is 0.941 bits per heavy atom. The van der Waals surface area contributed by atoms with Crippen LogP contribution in [0.4, 0.5) is 0 Å². The van der Waals surface area contributed by atoms with Crippen molar-refractivity contribution in [1.29, 1.82) is 0 Å². The number of methoxy groups -OCH3 is 1. The quantitative estimate of drug-likeness (QED) is 0.551. The van der Waals surface area contributed by atoms with Crippen molar-refractivity contribution in [2.75, 3.05) is 33.3 Å². The summed E-state index contributed by atoms with van der Waals surface area (Å²) in [6.07, 6.45) is 0. The average molecular weight is 481 g/mol. The summed E-state index contributed by atoms with van der Waals surface area (Å²) in [5.41, 5.74) is 4.84. The zero-order valence-electron chi connectivity index (χ0n) is 20.0. The number of carbonyl (C=O) groups is 2. The van der Waals surface area contributed by atoms with E-state index >= 15 is 0 Å². The van der Waals surface area contributed by atoms with Crippen LogP contribution in [-0.2, 0) is 6.54 Å². The SMILES string of the molecule is COc1cc(C(=O)N2CCN(C(=O)c3c(C)nn(Cc4ccc(C)cc4)c3Cl)CC2)ccc1C. The third kappa shape index (κ3) is 4.80. The first-order valence-corrected chi connectivity index (χ1v) is 11.7. The summed E-state index contributed by atoms with van der Waals surface area (Å²) in [6, 6.07) is 13.6. The number of aromatic nitrogens is 2. The maximum absolute atomic E-state index is 13.3. The molecule has 7 nitrogen and oxygen atoms in total. The Morgan fingerprint density at radius 3 is 2.18 bits per heavy atom. The predicted octanol–water partition coefficient (Wildman–Crippen LogP) is 4.12. The zero-order chi connectivity index (χ0) is 24.4. The van der Waals surface area contributed by atoms with Gasteiger partial charge in [-0.1, -0.05) is 47.5 Å². The normalized spacial score (nSPS) is 13.8.